The molecular weight excluding hydrogens is 312 g/mol. The van der Waals surface area contributed by atoms with E-state index in [-0.39, 0.29) is 0 Å². The summed E-state index contributed by atoms with van der Waals surface area (Å²) in [6.45, 7) is 8.19. The summed E-state index contributed by atoms with van der Waals surface area (Å²) in [5.74, 6) is 0.707. The molecule has 0 amide bonds. The molecule has 2 aromatic rings. The Hall–Kier alpha value is -1.84. The van der Waals surface area contributed by atoms with E-state index in [1.54, 1.807) is 18.2 Å². The molecule has 0 aliphatic heterocycles. The Balaban J connectivity index is 2.43. The Kier molecular flexibility index (Phi) is 5.58. The summed E-state index contributed by atoms with van der Waals surface area (Å²) in [6, 6.07) is 13.4. The second kappa shape index (κ2) is 7.43. The van der Waals surface area contributed by atoms with Crippen molar-refractivity contribution in [3.05, 3.63) is 60.2 Å². The highest BCUT2D eigenvalue weighted by Crippen LogP contribution is 2.32. The van der Waals surface area contributed by atoms with Gasteiger partial charge in [0.15, 0.2) is 0 Å². The van der Waals surface area contributed by atoms with E-state index >= 15 is 0 Å². The summed E-state index contributed by atoms with van der Waals surface area (Å²) < 4.78 is 5.93. The third-order valence-electron chi connectivity index (χ3n) is 3.24. The van der Waals surface area contributed by atoms with E-state index in [2.05, 4.69) is 19.7 Å². The van der Waals surface area contributed by atoms with Crippen LogP contribution in [0.1, 0.15) is 15.9 Å². The molecule has 0 aromatic heterocycles. The third-order valence-corrected chi connectivity index (χ3v) is 4.29. The first kappa shape index (κ1) is 16.5. The van der Waals surface area contributed by atoms with Crippen molar-refractivity contribution in [1.29, 1.82) is 0 Å². The van der Waals surface area contributed by atoms with Crippen LogP contribution in [0.2, 0.25) is 13.1 Å². The zero-order chi connectivity index (χ0) is 16.1. The highest BCUT2D eigenvalue weighted by Gasteiger charge is 2.11. The molecule has 0 N–H and O–H groups in total. The average Bonchev–Trinajstić information content (AvgIpc) is 2.52. The molecule has 114 valence electrons. The summed E-state index contributed by atoms with van der Waals surface area (Å²) >= 11 is 5.58. The molecule has 2 nitrogen and oxygen atoms in total. The van der Waals surface area contributed by atoms with E-state index in [1.165, 1.54) is 0 Å². The van der Waals surface area contributed by atoms with Crippen LogP contribution in [0, 0.1) is 0 Å². The van der Waals surface area contributed by atoms with Crippen molar-refractivity contribution < 1.29 is 9.53 Å². The Morgan fingerprint density at radius 1 is 1.23 bits per heavy atom. The van der Waals surface area contributed by atoms with Crippen molar-refractivity contribution in [3.8, 4) is 16.9 Å². The monoisotopic (exact) mass is 330 g/mol. The van der Waals surface area contributed by atoms with Crippen molar-refractivity contribution in [2.75, 3.05) is 6.23 Å². The second-order valence-corrected chi connectivity index (χ2v) is 8.98. The standard InChI is InChI=1S/C18H19ClO2Si/c1-4-13-5-7-14(8-6-13)16-10-9-15(18(19)20)11-17(16)21-12-22(2)3/h4-11,22H,1,12H2,2-3H3. The van der Waals surface area contributed by atoms with Crippen LogP contribution < -0.4 is 4.74 Å². The number of hydrogen-bond acceptors (Lipinski definition) is 2. The molecule has 4 heteroatoms. The van der Waals surface area contributed by atoms with E-state index in [4.69, 9.17) is 16.3 Å². The molecule has 0 fully saturated rings. The van der Waals surface area contributed by atoms with Crippen LogP contribution in [-0.2, 0) is 0 Å². The van der Waals surface area contributed by atoms with Crippen molar-refractivity contribution >= 4 is 31.7 Å². The van der Waals surface area contributed by atoms with Crippen LogP contribution >= 0.6 is 11.6 Å². The number of halogens is 1. The third kappa shape index (κ3) is 4.09. The second-order valence-electron chi connectivity index (χ2n) is 5.52. The number of ether oxygens (including phenoxy) is 1. The summed E-state index contributed by atoms with van der Waals surface area (Å²) in [4.78, 5) is 11.4. The van der Waals surface area contributed by atoms with Gasteiger partial charge in [0.05, 0.1) is 15.0 Å². The average molecular weight is 331 g/mol. The fraction of sp³-hybridized carbons (Fsp3) is 0.167. The molecule has 0 heterocycles. The van der Waals surface area contributed by atoms with Gasteiger partial charge in [-0.15, -0.1) is 0 Å². The van der Waals surface area contributed by atoms with Gasteiger partial charge in [-0.25, -0.2) is 0 Å². The first-order valence-corrected chi connectivity index (χ1v) is 10.7. The number of carbonyl (C=O) groups excluding carboxylic acids is 1. The molecule has 0 spiro atoms. The summed E-state index contributed by atoms with van der Waals surface area (Å²) in [5, 5.41) is -0.472. The predicted octanol–water partition coefficient (Wildman–Crippen LogP) is 4.78. The maximum atomic E-state index is 11.4. The van der Waals surface area contributed by atoms with E-state index in [0.717, 1.165) is 22.9 Å². The molecule has 2 aromatic carbocycles. The largest absolute Gasteiger partial charge is 0.497 e. The smallest absolute Gasteiger partial charge is 0.252 e. The first-order chi connectivity index (χ1) is 10.5. The topological polar surface area (TPSA) is 26.3 Å². The highest BCUT2D eigenvalue weighted by molar-refractivity contribution is 6.67. The van der Waals surface area contributed by atoms with Gasteiger partial charge in [0.1, 0.15) is 5.75 Å². The van der Waals surface area contributed by atoms with Crippen LogP contribution in [0.4, 0.5) is 0 Å². The maximum Gasteiger partial charge on any atom is 0.252 e. The Labute approximate surface area is 138 Å². The lowest BCUT2D eigenvalue weighted by molar-refractivity contribution is 0.108. The quantitative estimate of drug-likeness (QED) is 0.562. The Bertz CT molecular complexity index is 678. The van der Waals surface area contributed by atoms with Crippen LogP contribution in [0.15, 0.2) is 49.0 Å². The Morgan fingerprint density at radius 2 is 1.91 bits per heavy atom. The lowest BCUT2D eigenvalue weighted by atomic mass is 10.0. The molecule has 0 unspecified atom stereocenters. The molecule has 0 saturated heterocycles. The minimum atomic E-state index is -0.862. The van der Waals surface area contributed by atoms with Gasteiger partial charge in [-0.3, -0.25) is 4.79 Å². The fourth-order valence-corrected chi connectivity index (χ4v) is 2.69. The van der Waals surface area contributed by atoms with Gasteiger partial charge in [-0.05, 0) is 40.9 Å². The predicted molar refractivity (Wildman–Crippen MR) is 96.5 cm³/mol. The zero-order valence-corrected chi connectivity index (χ0v) is 14.7. The van der Waals surface area contributed by atoms with Crippen LogP contribution in [0.5, 0.6) is 5.75 Å². The van der Waals surface area contributed by atoms with Crippen molar-refractivity contribution in [1.82, 2.24) is 0 Å². The zero-order valence-electron chi connectivity index (χ0n) is 12.8. The first-order valence-electron chi connectivity index (χ1n) is 7.21. The van der Waals surface area contributed by atoms with Gasteiger partial charge in [-0.1, -0.05) is 50.0 Å². The molecule has 22 heavy (non-hydrogen) atoms. The van der Waals surface area contributed by atoms with Gasteiger partial charge in [0.25, 0.3) is 5.24 Å². The molecule has 0 saturated carbocycles. The van der Waals surface area contributed by atoms with Crippen molar-refractivity contribution in [2.24, 2.45) is 0 Å². The fourth-order valence-electron chi connectivity index (χ4n) is 2.06. The highest BCUT2D eigenvalue weighted by atomic mass is 35.5. The van der Waals surface area contributed by atoms with E-state index < -0.39 is 14.0 Å². The summed E-state index contributed by atoms with van der Waals surface area (Å²) in [5.41, 5.74) is 3.52. The SMILES string of the molecule is C=Cc1ccc(-c2ccc(C(=O)Cl)cc2OC[SiH](C)C)cc1. The van der Waals surface area contributed by atoms with Crippen molar-refractivity contribution in [3.63, 3.8) is 0 Å². The van der Waals surface area contributed by atoms with E-state index in [9.17, 15) is 4.79 Å². The van der Waals surface area contributed by atoms with Crippen LogP contribution in [-0.4, -0.2) is 20.3 Å². The molecule has 0 bridgehead atoms. The van der Waals surface area contributed by atoms with Crippen molar-refractivity contribution in [2.45, 2.75) is 13.1 Å². The van der Waals surface area contributed by atoms with Gasteiger partial charge in [-0.2, -0.15) is 0 Å². The number of benzene rings is 2. The number of hydrogen-bond donors (Lipinski definition) is 0. The van der Waals surface area contributed by atoms with Crippen LogP contribution in [0.3, 0.4) is 0 Å². The summed E-state index contributed by atoms with van der Waals surface area (Å²) in [6.07, 6.45) is 2.53. The lowest BCUT2D eigenvalue weighted by Gasteiger charge is -2.14. The maximum absolute atomic E-state index is 11.4. The molecule has 0 aliphatic carbocycles. The minimum Gasteiger partial charge on any atom is -0.497 e. The van der Waals surface area contributed by atoms with Gasteiger partial charge in [0.2, 0.25) is 0 Å². The molecule has 2 rings (SSSR count). The lowest BCUT2D eigenvalue weighted by Crippen LogP contribution is -2.14. The molecule has 0 radical (unpaired) electrons. The number of carbonyl (C=O) groups is 1. The summed E-state index contributed by atoms with van der Waals surface area (Å²) in [7, 11) is -0.862. The molecular formula is C18H19ClO2Si. The van der Waals surface area contributed by atoms with E-state index in [1.807, 2.05) is 30.3 Å². The Morgan fingerprint density at radius 3 is 2.45 bits per heavy atom. The number of rotatable bonds is 6. The van der Waals surface area contributed by atoms with Gasteiger partial charge in [0, 0.05) is 11.1 Å². The minimum absolute atomic E-state index is 0.452. The van der Waals surface area contributed by atoms with E-state index in [0.29, 0.717) is 11.3 Å². The van der Waals surface area contributed by atoms with Gasteiger partial charge >= 0.3 is 0 Å². The van der Waals surface area contributed by atoms with Crippen LogP contribution in [0.25, 0.3) is 17.2 Å². The molecule has 0 atom stereocenters. The molecule has 0 aliphatic rings. The van der Waals surface area contributed by atoms with Gasteiger partial charge < -0.3 is 4.74 Å². The normalized spacial score (nSPS) is 10.5.